The van der Waals surface area contributed by atoms with Crippen LogP contribution >= 0.6 is 0 Å². The van der Waals surface area contributed by atoms with Crippen molar-refractivity contribution < 1.29 is 31.9 Å². The predicted molar refractivity (Wildman–Crippen MR) is 46.6 cm³/mol. The second-order valence-corrected chi connectivity index (χ2v) is 3.17. The predicted octanol–water partition coefficient (Wildman–Crippen LogP) is 2.15. The van der Waals surface area contributed by atoms with Gasteiger partial charge in [0.15, 0.2) is 0 Å². The minimum Gasteiger partial charge on any atom is -0.507 e. The van der Waals surface area contributed by atoms with E-state index in [1.54, 1.807) is 0 Å². The molecule has 8 heteroatoms. The first-order valence-corrected chi connectivity index (χ1v) is 4.15. The van der Waals surface area contributed by atoms with E-state index in [2.05, 4.69) is 0 Å². The molecule has 0 saturated heterocycles. The summed E-state index contributed by atoms with van der Waals surface area (Å²) in [5.41, 5.74) is 2.45. The van der Waals surface area contributed by atoms with E-state index in [0.29, 0.717) is 12.1 Å². The third-order valence-electron chi connectivity index (χ3n) is 1.98. The van der Waals surface area contributed by atoms with Crippen molar-refractivity contribution in [1.29, 1.82) is 0 Å². The van der Waals surface area contributed by atoms with Gasteiger partial charge in [-0.3, -0.25) is 4.79 Å². The number of primary amides is 1. The molecule has 0 atom stereocenters. The number of carbonyl (C=O) groups is 1. The molecule has 0 unspecified atom stereocenters. The first kappa shape index (κ1) is 13.2. The minimum atomic E-state index is -5.79. The zero-order chi connectivity index (χ0) is 13.4. The molecule has 3 nitrogen and oxygen atoms in total. The summed E-state index contributed by atoms with van der Waals surface area (Å²) < 4.78 is 61.8. The van der Waals surface area contributed by atoms with Crippen LogP contribution in [0.3, 0.4) is 0 Å². The van der Waals surface area contributed by atoms with Crippen LogP contribution in [-0.4, -0.2) is 17.2 Å². The molecule has 1 aromatic rings. The number of aromatic hydroxyl groups is 1. The lowest BCUT2D eigenvalue weighted by atomic mass is 10.0. The Hall–Kier alpha value is -1.86. The lowest BCUT2D eigenvalue weighted by Crippen LogP contribution is -2.33. The maximum atomic E-state index is 12.9. The van der Waals surface area contributed by atoms with Crippen LogP contribution < -0.4 is 5.73 Å². The number of halogens is 5. The Kier molecular flexibility index (Phi) is 3.00. The molecule has 0 aromatic heterocycles. The van der Waals surface area contributed by atoms with Crippen LogP contribution in [-0.2, 0) is 5.92 Å². The van der Waals surface area contributed by atoms with E-state index in [9.17, 15) is 26.7 Å². The van der Waals surface area contributed by atoms with E-state index in [-0.39, 0.29) is 6.07 Å². The summed E-state index contributed by atoms with van der Waals surface area (Å²) >= 11 is 0. The quantitative estimate of drug-likeness (QED) is 0.795. The van der Waals surface area contributed by atoms with Crippen molar-refractivity contribution in [2.75, 3.05) is 0 Å². The minimum absolute atomic E-state index is 0.213. The van der Waals surface area contributed by atoms with Crippen LogP contribution in [0.25, 0.3) is 0 Å². The number of amides is 1. The third-order valence-corrected chi connectivity index (χ3v) is 1.98. The molecule has 0 radical (unpaired) electrons. The van der Waals surface area contributed by atoms with Crippen LogP contribution in [0.4, 0.5) is 22.0 Å². The summed E-state index contributed by atoms with van der Waals surface area (Å²) in [6.07, 6.45) is -5.79. The molecular formula is C9H6F5NO2. The summed E-state index contributed by atoms with van der Waals surface area (Å²) in [6.45, 7) is 0. The van der Waals surface area contributed by atoms with Crippen LogP contribution in [0.1, 0.15) is 15.9 Å². The molecule has 17 heavy (non-hydrogen) atoms. The van der Waals surface area contributed by atoms with Gasteiger partial charge in [0.25, 0.3) is 5.91 Å². The Morgan fingerprint density at radius 2 is 1.71 bits per heavy atom. The van der Waals surface area contributed by atoms with E-state index in [1.165, 1.54) is 0 Å². The maximum Gasteiger partial charge on any atom is 0.458 e. The second kappa shape index (κ2) is 3.86. The van der Waals surface area contributed by atoms with E-state index in [0.717, 1.165) is 0 Å². The van der Waals surface area contributed by atoms with Gasteiger partial charge in [0.05, 0.1) is 5.56 Å². The van der Waals surface area contributed by atoms with Crippen molar-refractivity contribution in [3.05, 3.63) is 29.3 Å². The first-order valence-electron chi connectivity index (χ1n) is 4.15. The summed E-state index contributed by atoms with van der Waals surface area (Å²) in [5.74, 6) is -7.19. The van der Waals surface area contributed by atoms with Gasteiger partial charge >= 0.3 is 12.1 Å². The molecule has 0 heterocycles. The topological polar surface area (TPSA) is 63.3 Å². The Bertz CT molecular complexity index is 455. The van der Waals surface area contributed by atoms with Gasteiger partial charge in [-0.15, -0.1) is 0 Å². The highest BCUT2D eigenvalue weighted by molar-refractivity contribution is 5.95. The highest BCUT2D eigenvalue weighted by Gasteiger charge is 2.58. The number of rotatable bonds is 2. The SMILES string of the molecule is NC(=O)c1cc(C(F)(F)C(F)(F)F)ccc1O. The van der Waals surface area contributed by atoms with Gasteiger partial charge in [0.1, 0.15) is 5.75 Å². The Morgan fingerprint density at radius 1 is 1.18 bits per heavy atom. The fourth-order valence-electron chi connectivity index (χ4n) is 1.09. The molecule has 0 aliphatic rings. The fourth-order valence-corrected chi connectivity index (χ4v) is 1.09. The van der Waals surface area contributed by atoms with Gasteiger partial charge in [-0.1, -0.05) is 0 Å². The van der Waals surface area contributed by atoms with Gasteiger partial charge < -0.3 is 10.8 Å². The van der Waals surface area contributed by atoms with Crippen LogP contribution in [0.5, 0.6) is 5.75 Å². The van der Waals surface area contributed by atoms with E-state index in [4.69, 9.17) is 10.8 Å². The number of alkyl halides is 5. The molecule has 0 spiro atoms. The molecule has 94 valence electrons. The zero-order valence-electron chi connectivity index (χ0n) is 8.05. The Balaban J connectivity index is 3.35. The van der Waals surface area contributed by atoms with Crippen LogP contribution in [0.2, 0.25) is 0 Å². The fraction of sp³-hybridized carbons (Fsp3) is 0.222. The van der Waals surface area contributed by atoms with Crippen molar-refractivity contribution >= 4 is 5.91 Å². The molecule has 1 rings (SSSR count). The second-order valence-electron chi connectivity index (χ2n) is 3.17. The molecule has 1 amide bonds. The molecular weight excluding hydrogens is 249 g/mol. The Morgan fingerprint density at radius 3 is 2.12 bits per heavy atom. The number of carbonyl (C=O) groups excluding carboxylic acids is 1. The summed E-state index contributed by atoms with van der Waals surface area (Å²) in [6, 6.07) is 1.13. The normalized spacial score (nSPS) is 12.5. The number of phenols is 1. The lowest BCUT2D eigenvalue weighted by molar-refractivity contribution is -0.289. The largest absolute Gasteiger partial charge is 0.507 e. The van der Waals surface area contributed by atoms with Gasteiger partial charge in [-0.2, -0.15) is 22.0 Å². The van der Waals surface area contributed by atoms with Gasteiger partial charge in [0.2, 0.25) is 0 Å². The van der Waals surface area contributed by atoms with Gasteiger partial charge in [-0.05, 0) is 18.2 Å². The smallest absolute Gasteiger partial charge is 0.458 e. The van der Waals surface area contributed by atoms with Crippen molar-refractivity contribution in [1.82, 2.24) is 0 Å². The average Bonchev–Trinajstić information content (AvgIpc) is 2.15. The van der Waals surface area contributed by atoms with Gasteiger partial charge in [-0.25, -0.2) is 0 Å². The maximum absolute atomic E-state index is 12.9. The van der Waals surface area contributed by atoms with E-state index < -0.39 is 34.9 Å². The van der Waals surface area contributed by atoms with Crippen LogP contribution in [0, 0.1) is 0 Å². The molecule has 0 saturated carbocycles. The lowest BCUT2D eigenvalue weighted by Gasteiger charge is -2.20. The zero-order valence-corrected chi connectivity index (χ0v) is 8.05. The number of nitrogens with two attached hydrogens (primary N) is 1. The van der Waals surface area contributed by atoms with Gasteiger partial charge in [0, 0.05) is 5.56 Å². The number of hydrogen-bond acceptors (Lipinski definition) is 2. The number of benzene rings is 1. The van der Waals surface area contributed by atoms with Crippen molar-refractivity contribution in [3.8, 4) is 5.75 Å². The average molecular weight is 255 g/mol. The highest BCUT2D eigenvalue weighted by atomic mass is 19.4. The Labute approximate surface area is 91.6 Å². The summed E-state index contributed by atoms with van der Waals surface area (Å²) in [4.78, 5) is 10.7. The van der Waals surface area contributed by atoms with E-state index in [1.807, 2.05) is 0 Å². The summed E-state index contributed by atoms with van der Waals surface area (Å²) in [7, 11) is 0. The van der Waals surface area contributed by atoms with E-state index >= 15 is 0 Å². The molecule has 0 aliphatic heterocycles. The summed E-state index contributed by atoms with van der Waals surface area (Å²) in [5, 5.41) is 9.05. The molecule has 0 fully saturated rings. The van der Waals surface area contributed by atoms with Crippen molar-refractivity contribution in [3.63, 3.8) is 0 Å². The number of hydrogen-bond donors (Lipinski definition) is 2. The van der Waals surface area contributed by atoms with Crippen LogP contribution in [0.15, 0.2) is 18.2 Å². The monoisotopic (exact) mass is 255 g/mol. The third kappa shape index (κ3) is 2.29. The highest BCUT2D eigenvalue weighted by Crippen LogP contribution is 2.44. The molecule has 0 bridgehead atoms. The molecule has 3 N–H and O–H groups in total. The molecule has 1 aromatic carbocycles. The first-order chi connectivity index (χ1) is 7.57. The van der Waals surface area contributed by atoms with Crippen molar-refractivity contribution in [2.24, 2.45) is 5.73 Å². The van der Waals surface area contributed by atoms with Crippen molar-refractivity contribution in [2.45, 2.75) is 12.1 Å². The molecule has 0 aliphatic carbocycles. The standard InChI is InChI=1S/C9H6F5NO2/c10-8(11,9(12,13)14)4-1-2-6(16)5(3-4)7(15)17/h1-3,16H,(H2,15,17).